The molecule has 1 aromatic heterocycles. The Morgan fingerprint density at radius 2 is 2.09 bits per heavy atom. The number of benzene rings is 1. The zero-order valence-electron chi connectivity index (χ0n) is 12.5. The van der Waals surface area contributed by atoms with Crippen molar-refractivity contribution in [3.05, 3.63) is 34.5 Å². The molecule has 1 heterocycles. The maximum absolute atomic E-state index is 11.9. The second-order valence-corrected chi connectivity index (χ2v) is 8.00. The Morgan fingerprint density at radius 1 is 1.36 bits per heavy atom. The molecule has 1 amide bonds. The van der Waals surface area contributed by atoms with E-state index in [2.05, 4.69) is 5.32 Å². The highest BCUT2D eigenvalue weighted by molar-refractivity contribution is 7.91. The third-order valence-electron chi connectivity index (χ3n) is 3.46. The Kier molecular flexibility index (Phi) is 5.13. The van der Waals surface area contributed by atoms with Crippen LogP contribution < -0.4 is 5.32 Å². The molecule has 0 fully saturated rings. The average molecular weight is 344 g/mol. The number of furan rings is 1. The van der Waals surface area contributed by atoms with E-state index in [0.29, 0.717) is 10.6 Å². The largest absolute Gasteiger partial charge is 0.464 e. The normalized spacial score (nSPS) is 11.8. The quantitative estimate of drug-likeness (QED) is 0.874. The second-order valence-electron chi connectivity index (χ2n) is 5.12. The fourth-order valence-corrected chi connectivity index (χ4v) is 2.93. The minimum absolute atomic E-state index is 0.0492. The predicted octanol–water partition coefficient (Wildman–Crippen LogP) is 2.49. The van der Waals surface area contributed by atoms with Crippen molar-refractivity contribution in [2.45, 2.75) is 20.3 Å². The first-order chi connectivity index (χ1) is 10.3. The van der Waals surface area contributed by atoms with Gasteiger partial charge in [-0.25, -0.2) is 8.42 Å². The number of fused-ring (bicyclic) bond motifs is 1. The van der Waals surface area contributed by atoms with Gasteiger partial charge in [-0.1, -0.05) is 18.5 Å². The number of halogens is 1. The number of rotatable bonds is 6. The molecule has 22 heavy (non-hydrogen) atoms. The SMILES string of the molecule is CCS(=O)(=O)CCNC(=O)Cc1coc2cc(C)c(Cl)cc12. The average Bonchev–Trinajstić information content (AvgIpc) is 2.81. The highest BCUT2D eigenvalue weighted by Crippen LogP contribution is 2.27. The van der Waals surface area contributed by atoms with E-state index in [1.165, 1.54) is 6.26 Å². The summed E-state index contributed by atoms with van der Waals surface area (Å²) >= 11 is 6.09. The number of sulfone groups is 1. The Bertz CT molecular complexity index is 795. The fourth-order valence-electron chi connectivity index (χ4n) is 2.06. The summed E-state index contributed by atoms with van der Waals surface area (Å²) < 4.78 is 28.1. The number of carbonyl (C=O) groups is 1. The van der Waals surface area contributed by atoms with Gasteiger partial charge in [0.2, 0.25) is 5.91 Å². The Hall–Kier alpha value is -1.53. The summed E-state index contributed by atoms with van der Waals surface area (Å²) in [6, 6.07) is 3.60. The molecule has 0 aliphatic carbocycles. The molecule has 0 saturated carbocycles. The standard InChI is InChI=1S/C15H18ClNO4S/c1-3-22(19,20)5-4-17-15(18)7-11-9-21-14-6-10(2)13(16)8-12(11)14/h6,8-9H,3-5,7H2,1-2H3,(H,17,18). The van der Waals surface area contributed by atoms with Gasteiger partial charge in [-0.05, 0) is 24.6 Å². The molecule has 0 unspecified atom stereocenters. The van der Waals surface area contributed by atoms with Crippen LogP contribution in [0.1, 0.15) is 18.1 Å². The Balaban J connectivity index is 2.02. The Labute approximate surface area is 134 Å². The maximum Gasteiger partial charge on any atom is 0.224 e. The molecule has 0 saturated heterocycles. The molecule has 1 N–H and O–H groups in total. The lowest BCUT2D eigenvalue weighted by molar-refractivity contribution is -0.120. The summed E-state index contributed by atoms with van der Waals surface area (Å²) in [5, 5.41) is 4.02. The lowest BCUT2D eigenvalue weighted by Crippen LogP contribution is -2.30. The molecule has 2 rings (SSSR count). The first kappa shape index (κ1) is 16.8. The topological polar surface area (TPSA) is 76.4 Å². The molecule has 0 spiro atoms. The molecule has 0 aliphatic rings. The van der Waals surface area contributed by atoms with Gasteiger partial charge in [0.15, 0.2) is 9.84 Å². The summed E-state index contributed by atoms with van der Waals surface area (Å²) in [4.78, 5) is 11.9. The molecule has 0 radical (unpaired) electrons. The van der Waals surface area contributed by atoms with Crippen LogP contribution in [-0.4, -0.2) is 32.4 Å². The summed E-state index contributed by atoms with van der Waals surface area (Å²) in [7, 11) is -3.07. The fraction of sp³-hybridized carbons (Fsp3) is 0.400. The van der Waals surface area contributed by atoms with Crippen molar-refractivity contribution >= 4 is 38.3 Å². The highest BCUT2D eigenvalue weighted by atomic mass is 35.5. The van der Waals surface area contributed by atoms with E-state index in [-0.39, 0.29) is 30.4 Å². The number of amides is 1. The number of carbonyl (C=O) groups excluding carboxylic acids is 1. The highest BCUT2D eigenvalue weighted by Gasteiger charge is 2.13. The van der Waals surface area contributed by atoms with Crippen LogP contribution in [0.3, 0.4) is 0 Å². The summed E-state index contributed by atoms with van der Waals surface area (Å²) in [5.74, 6) is -0.217. The van der Waals surface area contributed by atoms with E-state index >= 15 is 0 Å². The maximum atomic E-state index is 11.9. The van der Waals surface area contributed by atoms with Crippen LogP contribution in [0.5, 0.6) is 0 Å². The molecule has 0 bridgehead atoms. The van der Waals surface area contributed by atoms with Crippen LogP contribution in [0, 0.1) is 6.92 Å². The first-order valence-corrected chi connectivity index (χ1v) is 9.15. The van der Waals surface area contributed by atoms with Crippen molar-refractivity contribution < 1.29 is 17.6 Å². The molecule has 0 atom stereocenters. The van der Waals surface area contributed by atoms with E-state index in [9.17, 15) is 13.2 Å². The smallest absolute Gasteiger partial charge is 0.224 e. The van der Waals surface area contributed by atoms with Crippen LogP contribution in [0.15, 0.2) is 22.8 Å². The van der Waals surface area contributed by atoms with Gasteiger partial charge in [0, 0.05) is 28.3 Å². The lowest BCUT2D eigenvalue weighted by Gasteiger charge is -2.05. The van der Waals surface area contributed by atoms with Gasteiger partial charge in [-0.15, -0.1) is 0 Å². The van der Waals surface area contributed by atoms with Gasteiger partial charge < -0.3 is 9.73 Å². The molecule has 120 valence electrons. The Morgan fingerprint density at radius 3 is 2.77 bits per heavy atom. The van der Waals surface area contributed by atoms with Crippen molar-refractivity contribution in [1.82, 2.24) is 5.32 Å². The second kappa shape index (κ2) is 6.71. The number of nitrogens with one attached hydrogen (secondary N) is 1. The third-order valence-corrected chi connectivity index (χ3v) is 5.57. The van der Waals surface area contributed by atoms with Gasteiger partial charge in [-0.3, -0.25) is 4.79 Å². The van der Waals surface area contributed by atoms with Gasteiger partial charge in [-0.2, -0.15) is 0 Å². The van der Waals surface area contributed by atoms with E-state index in [1.807, 2.05) is 13.0 Å². The van der Waals surface area contributed by atoms with Gasteiger partial charge in [0.05, 0.1) is 18.4 Å². The van der Waals surface area contributed by atoms with E-state index in [1.54, 1.807) is 13.0 Å². The zero-order chi connectivity index (χ0) is 16.3. The summed E-state index contributed by atoms with van der Waals surface area (Å²) in [6.45, 7) is 3.58. The van der Waals surface area contributed by atoms with E-state index in [4.69, 9.17) is 16.0 Å². The van der Waals surface area contributed by atoms with Crippen LogP contribution >= 0.6 is 11.6 Å². The minimum atomic E-state index is -3.07. The van der Waals surface area contributed by atoms with Crippen molar-refractivity contribution in [3.8, 4) is 0 Å². The summed E-state index contributed by atoms with van der Waals surface area (Å²) in [5.41, 5.74) is 2.32. The van der Waals surface area contributed by atoms with E-state index < -0.39 is 9.84 Å². The van der Waals surface area contributed by atoms with Crippen LogP contribution in [0.4, 0.5) is 0 Å². The van der Waals surface area contributed by atoms with Crippen LogP contribution in [0.25, 0.3) is 11.0 Å². The monoisotopic (exact) mass is 343 g/mol. The van der Waals surface area contributed by atoms with Crippen molar-refractivity contribution in [3.63, 3.8) is 0 Å². The predicted molar refractivity (Wildman–Crippen MR) is 87.0 cm³/mol. The van der Waals surface area contributed by atoms with Gasteiger partial charge in [0.25, 0.3) is 0 Å². The van der Waals surface area contributed by atoms with Gasteiger partial charge >= 0.3 is 0 Å². The van der Waals surface area contributed by atoms with E-state index in [0.717, 1.165) is 16.5 Å². The first-order valence-electron chi connectivity index (χ1n) is 6.95. The molecule has 1 aromatic carbocycles. The molecule has 2 aromatic rings. The molecule has 7 heteroatoms. The summed E-state index contributed by atoms with van der Waals surface area (Å²) in [6.07, 6.45) is 1.65. The molecule has 0 aliphatic heterocycles. The van der Waals surface area contributed by atoms with Crippen molar-refractivity contribution in [1.29, 1.82) is 0 Å². The third kappa shape index (κ3) is 4.01. The number of hydrogen-bond acceptors (Lipinski definition) is 4. The zero-order valence-corrected chi connectivity index (χ0v) is 14.1. The molecule has 5 nitrogen and oxygen atoms in total. The molecular formula is C15H18ClNO4S. The van der Waals surface area contributed by atoms with Crippen molar-refractivity contribution in [2.24, 2.45) is 0 Å². The number of aryl methyl sites for hydroxylation is 1. The molecular weight excluding hydrogens is 326 g/mol. The lowest BCUT2D eigenvalue weighted by atomic mass is 10.1. The van der Waals surface area contributed by atoms with Crippen LogP contribution in [0.2, 0.25) is 5.02 Å². The van der Waals surface area contributed by atoms with Crippen molar-refractivity contribution in [2.75, 3.05) is 18.1 Å². The number of hydrogen-bond donors (Lipinski definition) is 1. The minimum Gasteiger partial charge on any atom is -0.464 e. The van der Waals surface area contributed by atoms with Gasteiger partial charge in [0.1, 0.15) is 5.58 Å². The van der Waals surface area contributed by atoms with Crippen LogP contribution in [-0.2, 0) is 21.1 Å².